The van der Waals surface area contributed by atoms with Crippen LogP contribution in [-0.2, 0) is 4.74 Å². The summed E-state index contributed by atoms with van der Waals surface area (Å²) in [5.41, 5.74) is 1.73. The van der Waals surface area contributed by atoms with Crippen molar-refractivity contribution in [1.82, 2.24) is 9.55 Å². The number of hydrogen-bond donors (Lipinski definition) is 2. The Morgan fingerprint density at radius 1 is 1.30 bits per heavy atom. The van der Waals surface area contributed by atoms with E-state index in [1.165, 1.54) is 0 Å². The molecule has 0 aliphatic carbocycles. The first-order valence-electron chi connectivity index (χ1n) is 6.73. The zero-order chi connectivity index (χ0) is 14.5. The summed E-state index contributed by atoms with van der Waals surface area (Å²) in [5, 5.41) is 3.45. The van der Waals surface area contributed by atoms with Crippen molar-refractivity contribution in [2.45, 2.75) is 19.9 Å². The SMILES string of the molecule is COCC(Nc1ccc(-n2cc[nH]c2=O)cc1)C(C)C. The molecular weight excluding hydrogens is 254 g/mol. The molecule has 0 aliphatic rings. The average molecular weight is 275 g/mol. The van der Waals surface area contributed by atoms with Gasteiger partial charge in [0.25, 0.3) is 0 Å². The maximum atomic E-state index is 11.5. The van der Waals surface area contributed by atoms with Crippen molar-refractivity contribution < 1.29 is 4.74 Å². The van der Waals surface area contributed by atoms with Crippen molar-refractivity contribution in [3.05, 3.63) is 47.1 Å². The Hall–Kier alpha value is -2.01. The molecule has 5 heteroatoms. The largest absolute Gasteiger partial charge is 0.383 e. The van der Waals surface area contributed by atoms with E-state index in [0.29, 0.717) is 12.5 Å². The number of H-pyrrole nitrogens is 1. The van der Waals surface area contributed by atoms with Gasteiger partial charge in [0.1, 0.15) is 0 Å². The fourth-order valence-corrected chi connectivity index (χ4v) is 2.04. The highest BCUT2D eigenvalue weighted by atomic mass is 16.5. The van der Waals surface area contributed by atoms with E-state index in [2.05, 4.69) is 24.1 Å². The van der Waals surface area contributed by atoms with Gasteiger partial charge in [0.15, 0.2) is 0 Å². The first kappa shape index (κ1) is 14.4. The summed E-state index contributed by atoms with van der Waals surface area (Å²) < 4.78 is 6.79. The number of aromatic amines is 1. The molecule has 1 aromatic carbocycles. The average Bonchev–Trinajstić information content (AvgIpc) is 2.85. The molecule has 0 aliphatic heterocycles. The lowest BCUT2D eigenvalue weighted by molar-refractivity contribution is 0.171. The Kier molecular flexibility index (Phi) is 4.63. The van der Waals surface area contributed by atoms with Crippen LogP contribution in [0.3, 0.4) is 0 Å². The first-order chi connectivity index (χ1) is 9.61. The molecule has 1 atom stereocenters. The van der Waals surface area contributed by atoms with Crippen molar-refractivity contribution in [2.75, 3.05) is 19.0 Å². The maximum absolute atomic E-state index is 11.5. The van der Waals surface area contributed by atoms with Crippen LogP contribution in [0, 0.1) is 5.92 Å². The molecule has 5 nitrogen and oxygen atoms in total. The number of benzene rings is 1. The third kappa shape index (κ3) is 3.30. The predicted molar refractivity (Wildman–Crippen MR) is 80.5 cm³/mol. The molecule has 0 radical (unpaired) electrons. The lowest BCUT2D eigenvalue weighted by Gasteiger charge is -2.22. The molecule has 108 valence electrons. The quantitative estimate of drug-likeness (QED) is 0.850. The van der Waals surface area contributed by atoms with E-state index in [9.17, 15) is 4.79 Å². The second-order valence-electron chi connectivity index (χ2n) is 5.13. The fourth-order valence-electron chi connectivity index (χ4n) is 2.04. The van der Waals surface area contributed by atoms with E-state index in [0.717, 1.165) is 11.4 Å². The highest BCUT2D eigenvalue weighted by molar-refractivity contribution is 5.49. The molecule has 0 bridgehead atoms. The second-order valence-corrected chi connectivity index (χ2v) is 5.13. The van der Waals surface area contributed by atoms with Crippen molar-refractivity contribution in [2.24, 2.45) is 5.92 Å². The van der Waals surface area contributed by atoms with E-state index in [1.54, 1.807) is 24.1 Å². The highest BCUT2D eigenvalue weighted by Crippen LogP contribution is 2.15. The molecule has 20 heavy (non-hydrogen) atoms. The number of ether oxygens (including phenoxy) is 1. The molecule has 2 N–H and O–H groups in total. The molecule has 1 heterocycles. The molecule has 1 aromatic heterocycles. The number of anilines is 1. The summed E-state index contributed by atoms with van der Waals surface area (Å²) in [6, 6.07) is 8.05. The standard InChI is InChI=1S/C15H21N3O2/c1-11(2)14(10-20-3)17-12-4-6-13(7-5-12)18-9-8-16-15(18)19/h4-9,11,14,17H,10H2,1-3H3,(H,16,19). The number of rotatable bonds is 6. The number of nitrogens with zero attached hydrogens (tertiary/aromatic N) is 1. The third-order valence-corrected chi connectivity index (χ3v) is 3.30. The summed E-state index contributed by atoms with van der Waals surface area (Å²) in [6.45, 7) is 4.98. The third-order valence-electron chi connectivity index (χ3n) is 3.30. The van der Waals surface area contributed by atoms with E-state index in [1.807, 2.05) is 24.3 Å². The minimum atomic E-state index is -0.134. The Morgan fingerprint density at radius 3 is 2.50 bits per heavy atom. The van der Waals surface area contributed by atoms with Crippen molar-refractivity contribution in [3.63, 3.8) is 0 Å². The van der Waals surface area contributed by atoms with Gasteiger partial charge >= 0.3 is 5.69 Å². The molecular formula is C15H21N3O2. The molecule has 0 spiro atoms. The number of aromatic nitrogens is 2. The fraction of sp³-hybridized carbons (Fsp3) is 0.400. The lowest BCUT2D eigenvalue weighted by atomic mass is 10.1. The molecule has 0 amide bonds. The molecule has 0 fully saturated rings. The number of nitrogens with one attached hydrogen (secondary N) is 2. The number of imidazole rings is 1. The Balaban J connectivity index is 2.12. The highest BCUT2D eigenvalue weighted by Gasteiger charge is 2.12. The first-order valence-corrected chi connectivity index (χ1v) is 6.73. The van der Waals surface area contributed by atoms with Gasteiger partial charge in [-0.2, -0.15) is 0 Å². The van der Waals surface area contributed by atoms with Gasteiger partial charge in [0.2, 0.25) is 0 Å². The topological polar surface area (TPSA) is 59.0 Å². The van der Waals surface area contributed by atoms with Crippen LogP contribution >= 0.6 is 0 Å². The zero-order valence-corrected chi connectivity index (χ0v) is 12.1. The van der Waals surface area contributed by atoms with Crippen LogP contribution in [0.5, 0.6) is 0 Å². The van der Waals surface area contributed by atoms with Crippen LogP contribution in [0.15, 0.2) is 41.5 Å². The molecule has 1 unspecified atom stereocenters. The summed E-state index contributed by atoms with van der Waals surface area (Å²) in [6.07, 6.45) is 3.34. The zero-order valence-electron chi connectivity index (χ0n) is 12.1. The molecule has 2 aromatic rings. The van der Waals surface area contributed by atoms with Gasteiger partial charge in [-0.25, -0.2) is 4.79 Å². The van der Waals surface area contributed by atoms with E-state index in [-0.39, 0.29) is 11.7 Å². The lowest BCUT2D eigenvalue weighted by Crippen LogP contribution is -2.30. The van der Waals surface area contributed by atoms with Gasteiger partial charge in [0.05, 0.1) is 18.3 Å². The van der Waals surface area contributed by atoms with Gasteiger partial charge < -0.3 is 15.0 Å². The monoisotopic (exact) mass is 275 g/mol. The smallest absolute Gasteiger partial charge is 0.330 e. The van der Waals surface area contributed by atoms with Crippen molar-refractivity contribution in [1.29, 1.82) is 0 Å². The summed E-state index contributed by atoms with van der Waals surface area (Å²) >= 11 is 0. The molecule has 0 saturated carbocycles. The van der Waals surface area contributed by atoms with Crippen LogP contribution in [-0.4, -0.2) is 29.3 Å². The van der Waals surface area contributed by atoms with Crippen molar-refractivity contribution in [3.8, 4) is 5.69 Å². The van der Waals surface area contributed by atoms with Gasteiger partial charge in [-0.1, -0.05) is 13.8 Å². The van der Waals surface area contributed by atoms with Crippen LogP contribution in [0.2, 0.25) is 0 Å². The van der Waals surface area contributed by atoms with Crippen LogP contribution in [0.1, 0.15) is 13.8 Å². The van der Waals surface area contributed by atoms with E-state index < -0.39 is 0 Å². The Morgan fingerprint density at radius 2 is 2.00 bits per heavy atom. The van der Waals surface area contributed by atoms with Gasteiger partial charge in [-0.3, -0.25) is 4.57 Å². The summed E-state index contributed by atoms with van der Waals surface area (Å²) in [5.74, 6) is 0.474. The van der Waals surface area contributed by atoms with Crippen molar-refractivity contribution >= 4 is 5.69 Å². The Bertz CT molecular complexity index is 584. The number of methoxy groups -OCH3 is 1. The van der Waals surface area contributed by atoms with Gasteiger partial charge in [-0.05, 0) is 30.2 Å². The maximum Gasteiger partial charge on any atom is 0.330 e. The summed E-state index contributed by atoms with van der Waals surface area (Å²) in [7, 11) is 1.71. The summed E-state index contributed by atoms with van der Waals surface area (Å²) in [4.78, 5) is 14.2. The minimum absolute atomic E-state index is 0.134. The van der Waals surface area contributed by atoms with Gasteiger partial charge in [-0.15, -0.1) is 0 Å². The minimum Gasteiger partial charge on any atom is -0.383 e. The van der Waals surface area contributed by atoms with E-state index in [4.69, 9.17) is 4.74 Å². The normalized spacial score (nSPS) is 12.6. The Labute approximate surface area is 118 Å². The van der Waals surface area contributed by atoms with Gasteiger partial charge in [0, 0.05) is 25.2 Å². The second kappa shape index (κ2) is 6.43. The number of hydrogen-bond acceptors (Lipinski definition) is 3. The molecule has 2 rings (SSSR count). The van der Waals surface area contributed by atoms with Crippen LogP contribution in [0.25, 0.3) is 5.69 Å². The molecule has 0 saturated heterocycles. The van der Waals surface area contributed by atoms with E-state index >= 15 is 0 Å². The predicted octanol–water partition coefficient (Wildman–Crippen LogP) is 2.25. The van der Waals surface area contributed by atoms with Crippen LogP contribution in [0.4, 0.5) is 5.69 Å². The van der Waals surface area contributed by atoms with Crippen LogP contribution < -0.4 is 11.0 Å².